The number of fused-ring (bicyclic) bond motifs is 1. The first kappa shape index (κ1) is 14.3. The maximum Gasteiger partial charge on any atom is 0.251 e. The number of hydrogen-bond acceptors (Lipinski definition) is 3. The van der Waals surface area contributed by atoms with Crippen LogP contribution in [0.15, 0.2) is 36.4 Å². The third kappa shape index (κ3) is 3.08. The van der Waals surface area contributed by atoms with Crippen molar-refractivity contribution in [1.29, 1.82) is 0 Å². The highest BCUT2D eigenvalue weighted by Crippen LogP contribution is 2.28. The standard InChI is InChI=1S/C16H20N2O2/c1-16(2,17)10-18-15(19)13-8-9-14(20-3)12-7-5-4-6-11(12)13/h4-9H,10,17H2,1-3H3,(H,18,19). The number of methoxy groups -OCH3 is 1. The van der Waals surface area contributed by atoms with Gasteiger partial charge in [0, 0.05) is 23.0 Å². The number of ether oxygens (including phenoxy) is 1. The summed E-state index contributed by atoms with van der Waals surface area (Å²) in [6, 6.07) is 11.3. The molecule has 0 aliphatic rings. The van der Waals surface area contributed by atoms with Gasteiger partial charge in [0.15, 0.2) is 0 Å². The van der Waals surface area contributed by atoms with Crippen molar-refractivity contribution in [3.8, 4) is 5.75 Å². The predicted molar refractivity (Wildman–Crippen MR) is 81.1 cm³/mol. The van der Waals surface area contributed by atoms with Crippen LogP contribution < -0.4 is 15.8 Å². The van der Waals surface area contributed by atoms with E-state index in [1.165, 1.54) is 0 Å². The van der Waals surface area contributed by atoms with Gasteiger partial charge in [0.2, 0.25) is 0 Å². The number of carbonyl (C=O) groups excluding carboxylic acids is 1. The highest BCUT2D eigenvalue weighted by atomic mass is 16.5. The van der Waals surface area contributed by atoms with E-state index < -0.39 is 5.54 Å². The lowest BCUT2D eigenvalue weighted by molar-refractivity contribution is 0.0947. The van der Waals surface area contributed by atoms with Crippen molar-refractivity contribution >= 4 is 16.7 Å². The molecular formula is C16H20N2O2. The lowest BCUT2D eigenvalue weighted by Gasteiger charge is -2.19. The van der Waals surface area contributed by atoms with Crippen molar-refractivity contribution in [2.24, 2.45) is 5.73 Å². The summed E-state index contributed by atoms with van der Waals surface area (Å²) in [5.41, 5.74) is 6.08. The normalized spacial score (nSPS) is 11.4. The minimum absolute atomic E-state index is 0.123. The molecule has 20 heavy (non-hydrogen) atoms. The molecule has 2 aromatic carbocycles. The molecule has 0 bridgehead atoms. The van der Waals surface area contributed by atoms with Gasteiger partial charge in [0.05, 0.1) is 7.11 Å². The summed E-state index contributed by atoms with van der Waals surface area (Å²) in [7, 11) is 1.62. The first-order valence-electron chi connectivity index (χ1n) is 6.55. The van der Waals surface area contributed by atoms with Crippen LogP contribution in [0, 0.1) is 0 Å². The van der Waals surface area contributed by atoms with Crippen LogP contribution in [0.5, 0.6) is 5.75 Å². The average molecular weight is 272 g/mol. The highest BCUT2D eigenvalue weighted by molar-refractivity contribution is 6.08. The van der Waals surface area contributed by atoms with Crippen LogP contribution in [0.4, 0.5) is 0 Å². The van der Waals surface area contributed by atoms with Crippen LogP contribution in [0.1, 0.15) is 24.2 Å². The lowest BCUT2D eigenvalue weighted by Crippen LogP contribution is -2.45. The zero-order valence-corrected chi connectivity index (χ0v) is 12.1. The molecule has 0 unspecified atom stereocenters. The molecule has 106 valence electrons. The Hall–Kier alpha value is -2.07. The summed E-state index contributed by atoms with van der Waals surface area (Å²) < 4.78 is 5.32. The van der Waals surface area contributed by atoms with E-state index in [1.54, 1.807) is 13.2 Å². The van der Waals surface area contributed by atoms with E-state index in [-0.39, 0.29) is 5.91 Å². The molecular weight excluding hydrogens is 252 g/mol. The number of hydrogen-bond donors (Lipinski definition) is 2. The molecule has 0 heterocycles. The topological polar surface area (TPSA) is 64.3 Å². The Morgan fingerprint density at radius 1 is 1.20 bits per heavy atom. The average Bonchev–Trinajstić information content (AvgIpc) is 2.42. The third-order valence-electron chi connectivity index (χ3n) is 3.05. The van der Waals surface area contributed by atoms with Crippen LogP contribution in [-0.4, -0.2) is 25.1 Å². The second-order valence-corrected chi connectivity index (χ2v) is 5.53. The maximum absolute atomic E-state index is 12.3. The second kappa shape index (κ2) is 5.51. The molecule has 4 nitrogen and oxygen atoms in total. The van der Waals surface area contributed by atoms with Crippen molar-refractivity contribution in [3.63, 3.8) is 0 Å². The van der Waals surface area contributed by atoms with Crippen LogP contribution in [0.2, 0.25) is 0 Å². The summed E-state index contributed by atoms with van der Waals surface area (Å²) in [5.74, 6) is 0.638. The van der Waals surface area contributed by atoms with E-state index in [0.29, 0.717) is 12.1 Å². The zero-order chi connectivity index (χ0) is 14.8. The van der Waals surface area contributed by atoms with Crippen LogP contribution >= 0.6 is 0 Å². The molecule has 3 N–H and O–H groups in total. The minimum atomic E-state index is -0.433. The minimum Gasteiger partial charge on any atom is -0.496 e. The summed E-state index contributed by atoms with van der Waals surface area (Å²) in [6.07, 6.45) is 0. The molecule has 0 fully saturated rings. The molecule has 0 aliphatic heterocycles. The van der Waals surface area contributed by atoms with Gasteiger partial charge in [-0.3, -0.25) is 4.79 Å². The number of rotatable bonds is 4. The monoisotopic (exact) mass is 272 g/mol. The van der Waals surface area contributed by atoms with Gasteiger partial charge >= 0.3 is 0 Å². The molecule has 1 amide bonds. The molecule has 2 rings (SSSR count). The van der Waals surface area contributed by atoms with E-state index in [0.717, 1.165) is 16.5 Å². The Labute approximate surface area is 118 Å². The molecule has 0 radical (unpaired) electrons. The van der Waals surface area contributed by atoms with Gasteiger partial charge < -0.3 is 15.8 Å². The van der Waals surface area contributed by atoms with E-state index in [4.69, 9.17) is 10.5 Å². The Bertz CT molecular complexity index is 630. The second-order valence-electron chi connectivity index (χ2n) is 5.53. The third-order valence-corrected chi connectivity index (χ3v) is 3.05. The number of benzene rings is 2. The fourth-order valence-corrected chi connectivity index (χ4v) is 2.05. The Balaban J connectivity index is 2.38. The van der Waals surface area contributed by atoms with Crippen molar-refractivity contribution in [2.75, 3.05) is 13.7 Å². The van der Waals surface area contributed by atoms with Gasteiger partial charge in [-0.15, -0.1) is 0 Å². The van der Waals surface area contributed by atoms with Gasteiger partial charge in [-0.05, 0) is 31.4 Å². The highest BCUT2D eigenvalue weighted by Gasteiger charge is 2.16. The van der Waals surface area contributed by atoms with Crippen molar-refractivity contribution < 1.29 is 9.53 Å². The van der Waals surface area contributed by atoms with Gasteiger partial charge in [0.1, 0.15) is 5.75 Å². The lowest BCUT2D eigenvalue weighted by atomic mass is 10.0. The Morgan fingerprint density at radius 3 is 2.45 bits per heavy atom. The summed E-state index contributed by atoms with van der Waals surface area (Å²) in [5, 5.41) is 4.66. The fraction of sp³-hybridized carbons (Fsp3) is 0.312. The molecule has 0 saturated heterocycles. The molecule has 0 spiro atoms. The smallest absolute Gasteiger partial charge is 0.251 e. The van der Waals surface area contributed by atoms with Crippen LogP contribution in [0.3, 0.4) is 0 Å². The molecule has 0 atom stereocenters. The van der Waals surface area contributed by atoms with E-state index in [2.05, 4.69) is 5.32 Å². The number of amides is 1. The number of carbonyl (C=O) groups is 1. The molecule has 0 aromatic heterocycles. The Morgan fingerprint density at radius 2 is 1.85 bits per heavy atom. The van der Waals surface area contributed by atoms with E-state index in [1.807, 2.05) is 44.2 Å². The number of nitrogens with two attached hydrogens (primary N) is 1. The van der Waals surface area contributed by atoms with Gasteiger partial charge in [-0.1, -0.05) is 24.3 Å². The first-order chi connectivity index (χ1) is 9.42. The fourth-order valence-electron chi connectivity index (χ4n) is 2.05. The predicted octanol–water partition coefficient (Wildman–Crippen LogP) is 2.32. The quantitative estimate of drug-likeness (QED) is 0.897. The Kier molecular flexibility index (Phi) is 3.95. The summed E-state index contributed by atoms with van der Waals surface area (Å²) in [4.78, 5) is 12.3. The van der Waals surface area contributed by atoms with Crippen molar-refractivity contribution in [3.05, 3.63) is 42.0 Å². The molecule has 0 aliphatic carbocycles. The van der Waals surface area contributed by atoms with E-state index in [9.17, 15) is 4.79 Å². The molecule has 4 heteroatoms. The van der Waals surface area contributed by atoms with E-state index >= 15 is 0 Å². The molecule has 2 aromatic rings. The van der Waals surface area contributed by atoms with Gasteiger partial charge in [-0.25, -0.2) is 0 Å². The SMILES string of the molecule is COc1ccc(C(=O)NCC(C)(C)N)c2ccccc12. The maximum atomic E-state index is 12.3. The van der Waals surface area contributed by atoms with Crippen LogP contribution in [-0.2, 0) is 0 Å². The largest absolute Gasteiger partial charge is 0.496 e. The summed E-state index contributed by atoms with van der Waals surface area (Å²) in [6.45, 7) is 4.17. The summed E-state index contributed by atoms with van der Waals surface area (Å²) >= 11 is 0. The van der Waals surface area contributed by atoms with Crippen molar-refractivity contribution in [1.82, 2.24) is 5.32 Å². The van der Waals surface area contributed by atoms with Crippen molar-refractivity contribution in [2.45, 2.75) is 19.4 Å². The first-order valence-corrected chi connectivity index (χ1v) is 6.55. The molecule has 0 saturated carbocycles. The van der Waals surface area contributed by atoms with Gasteiger partial charge in [0.25, 0.3) is 5.91 Å². The zero-order valence-electron chi connectivity index (χ0n) is 12.1. The van der Waals surface area contributed by atoms with Gasteiger partial charge in [-0.2, -0.15) is 0 Å². The van der Waals surface area contributed by atoms with Crippen LogP contribution in [0.25, 0.3) is 10.8 Å². The number of nitrogens with one attached hydrogen (secondary N) is 1.